The Bertz CT molecular complexity index is 327. The monoisotopic (exact) mass is 190 g/mol. The van der Waals surface area contributed by atoms with E-state index in [1.807, 2.05) is 25.1 Å². The fourth-order valence-corrected chi connectivity index (χ4v) is 1.82. The van der Waals surface area contributed by atoms with Crippen LogP contribution in [0.4, 0.5) is 0 Å². The van der Waals surface area contributed by atoms with Crippen molar-refractivity contribution in [1.29, 1.82) is 0 Å². The van der Waals surface area contributed by atoms with E-state index in [0.717, 1.165) is 12.8 Å². The highest BCUT2D eigenvalue weighted by Crippen LogP contribution is 2.36. The Hall–Kier alpha value is -1.31. The van der Waals surface area contributed by atoms with E-state index >= 15 is 0 Å². The van der Waals surface area contributed by atoms with Crippen LogP contribution in [0.1, 0.15) is 18.9 Å². The smallest absolute Gasteiger partial charge is 0.315 e. The van der Waals surface area contributed by atoms with Crippen molar-refractivity contribution in [2.24, 2.45) is 5.41 Å². The zero-order valence-electron chi connectivity index (χ0n) is 8.32. The van der Waals surface area contributed by atoms with E-state index in [1.165, 1.54) is 5.56 Å². The molecule has 0 N–H and O–H groups in total. The molecule has 1 atom stereocenters. The number of esters is 1. The molecule has 1 aromatic carbocycles. The van der Waals surface area contributed by atoms with E-state index in [0.29, 0.717) is 6.61 Å². The topological polar surface area (TPSA) is 26.3 Å². The Morgan fingerprint density at radius 3 is 2.50 bits per heavy atom. The van der Waals surface area contributed by atoms with Gasteiger partial charge in [-0.3, -0.25) is 4.79 Å². The fraction of sp³-hybridized carbons (Fsp3) is 0.417. The third-order valence-corrected chi connectivity index (χ3v) is 2.97. The Kier molecular flexibility index (Phi) is 2.28. The van der Waals surface area contributed by atoms with Gasteiger partial charge in [0.15, 0.2) is 0 Å². The first-order chi connectivity index (χ1) is 6.77. The molecule has 1 aliphatic rings. The predicted molar refractivity (Wildman–Crippen MR) is 53.8 cm³/mol. The van der Waals surface area contributed by atoms with E-state index in [2.05, 4.69) is 12.1 Å². The molecule has 0 aliphatic carbocycles. The van der Waals surface area contributed by atoms with Gasteiger partial charge in [0, 0.05) is 0 Å². The van der Waals surface area contributed by atoms with Gasteiger partial charge in [0.2, 0.25) is 0 Å². The molecule has 14 heavy (non-hydrogen) atoms. The molecule has 0 aromatic heterocycles. The minimum absolute atomic E-state index is 0.0381. The molecule has 0 unspecified atom stereocenters. The Morgan fingerprint density at radius 1 is 1.36 bits per heavy atom. The van der Waals surface area contributed by atoms with Gasteiger partial charge in [-0.25, -0.2) is 0 Å². The second kappa shape index (κ2) is 3.45. The van der Waals surface area contributed by atoms with E-state index in [-0.39, 0.29) is 11.4 Å². The quantitative estimate of drug-likeness (QED) is 0.683. The first-order valence-corrected chi connectivity index (χ1v) is 4.98. The summed E-state index contributed by atoms with van der Waals surface area (Å²) in [4.78, 5) is 11.4. The maximum atomic E-state index is 11.4. The van der Waals surface area contributed by atoms with Gasteiger partial charge >= 0.3 is 5.97 Å². The van der Waals surface area contributed by atoms with Crippen LogP contribution in [0.5, 0.6) is 0 Å². The lowest BCUT2D eigenvalue weighted by atomic mass is 9.77. The Labute approximate surface area is 83.9 Å². The van der Waals surface area contributed by atoms with Gasteiger partial charge in [0.25, 0.3) is 0 Å². The molecule has 74 valence electrons. The summed E-state index contributed by atoms with van der Waals surface area (Å²) in [6, 6.07) is 10.1. The van der Waals surface area contributed by atoms with Crippen LogP contribution in [0.15, 0.2) is 30.3 Å². The van der Waals surface area contributed by atoms with Crippen molar-refractivity contribution in [2.75, 3.05) is 6.61 Å². The zero-order chi connectivity index (χ0) is 10.0. The van der Waals surface area contributed by atoms with Crippen molar-refractivity contribution in [1.82, 2.24) is 0 Å². The number of hydrogen-bond donors (Lipinski definition) is 0. The van der Waals surface area contributed by atoms with Crippen LogP contribution >= 0.6 is 0 Å². The van der Waals surface area contributed by atoms with Gasteiger partial charge in [-0.1, -0.05) is 37.3 Å². The molecular formula is C12H14O2. The molecule has 1 aliphatic heterocycles. The number of carbonyl (C=O) groups is 1. The number of rotatable bonds is 3. The van der Waals surface area contributed by atoms with Crippen molar-refractivity contribution in [3.05, 3.63) is 35.9 Å². The normalized spacial score (nSPS) is 25.4. The molecule has 0 radical (unpaired) electrons. The maximum Gasteiger partial charge on any atom is 0.315 e. The molecule has 1 saturated heterocycles. The molecule has 0 spiro atoms. The van der Waals surface area contributed by atoms with Crippen LogP contribution < -0.4 is 0 Å². The summed E-state index contributed by atoms with van der Waals surface area (Å²) < 4.78 is 4.87. The number of benzene rings is 1. The zero-order valence-corrected chi connectivity index (χ0v) is 8.32. The first-order valence-electron chi connectivity index (χ1n) is 4.98. The van der Waals surface area contributed by atoms with Crippen molar-refractivity contribution in [2.45, 2.75) is 19.8 Å². The maximum absolute atomic E-state index is 11.4. The van der Waals surface area contributed by atoms with Gasteiger partial charge in [0.05, 0.1) is 0 Å². The largest absolute Gasteiger partial charge is 0.464 e. The van der Waals surface area contributed by atoms with Crippen LogP contribution in [0.2, 0.25) is 0 Å². The summed E-state index contributed by atoms with van der Waals surface area (Å²) in [5.74, 6) is -0.0381. The average molecular weight is 190 g/mol. The molecule has 2 nitrogen and oxygen atoms in total. The van der Waals surface area contributed by atoms with Crippen molar-refractivity contribution >= 4 is 5.97 Å². The van der Waals surface area contributed by atoms with Crippen molar-refractivity contribution in [3.63, 3.8) is 0 Å². The summed E-state index contributed by atoms with van der Waals surface area (Å²) in [6.45, 7) is 2.63. The highest BCUT2D eigenvalue weighted by atomic mass is 16.6. The van der Waals surface area contributed by atoms with Crippen LogP contribution in [0.3, 0.4) is 0 Å². The highest BCUT2D eigenvalue weighted by Gasteiger charge is 2.47. The fourth-order valence-electron chi connectivity index (χ4n) is 1.82. The van der Waals surface area contributed by atoms with Crippen molar-refractivity contribution in [3.8, 4) is 0 Å². The standard InChI is InChI=1S/C12H14O2/c1-2-12(9-14-11(12)13)8-10-6-4-3-5-7-10/h3-7H,2,8-9H2,1H3/t12-/m1/s1. The minimum atomic E-state index is -0.235. The predicted octanol–water partition coefficient (Wildman–Crippen LogP) is 2.18. The molecule has 1 heterocycles. The van der Waals surface area contributed by atoms with Crippen LogP contribution in [-0.4, -0.2) is 12.6 Å². The summed E-state index contributed by atoms with van der Waals surface area (Å²) in [7, 11) is 0. The van der Waals surface area contributed by atoms with Gasteiger partial charge in [-0.05, 0) is 18.4 Å². The van der Waals surface area contributed by atoms with Gasteiger partial charge < -0.3 is 4.74 Å². The third kappa shape index (κ3) is 1.41. The lowest BCUT2D eigenvalue weighted by molar-refractivity contribution is -0.185. The van der Waals surface area contributed by atoms with E-state index in [9.17, 15) is 4.79 Å². The highest BCUT2D eigenvalue weighted by molar-refractivity contribution is 5.82. The lowest BCUT2D eigenvalue weighted by Gasteiger charge is -2.38. The molecule has 2 heteroatoms. The Morgan fingerprint density at radius 2 is 2.07 bits per heavy atom. The Balaban J connectivity index is 2.13. The van der Waals surface area contributed by atoms with Crippen LogP contribution in [0.25, 0.3) is 0 Å². The van der Waals surface area contributed by atoms with E-state index < -0.39 is 0 Å². The first kappa shape index (κ1) is 9.25. The molecular weight excluding hydrogens is 176 g/mol. The molecule has 2 rings (SSSR count). The summed E-state index contributed by atoms with van der Waals surface area (Å²) in [6.07, 6.45) is 1.67. The number of hydrogen-bond acceptors (Lipinski definition) is 2. The van der Waals surface area contributed by atoms with E-state index in [4.69, 9.17) is 4.74 Å². The number of cyclic esters (lactones) is 1. The number of carbonyl (C=O) groups excluding carboxylic acids is 1. The molecule has 0 saturated carbocycles. The molecule has 0 amide bonds. The summed E-state index contributed by atoms with van der Waals surface area (Å²) >= 11 is 0. The van der Waals surface area contributed by atoms with Gasteiger partial charge in [-0.2, -0.15) is 0 Å². The minimum Gasteiger partial charge on any atom is -0.464 e. The third-order valence-electron chi connectivity index (χ3n) is 2.97. The summed E-state index contributed by atoms with van der Waals surface area (Å²) in [5.41, 5.74) is 0.979. The lowest BCUT2D eigenvalue weighted by Crippen LogP contribution is -2.49. The van der Waals surface area contributed by atoms with Gasteiger partial charge in [0.1, 0.15) is 12.0 Å². The summed E-state index contributed by atoms with van der Waals surface area (Å²) in [5, 5.41) is 0. The number of ether oxygens (including phenoxy) is 1. The van der Waals surface area contributed by atoms with Gasteiger partial charge in [-0.15, -0.1) is 0 Å². The average Bonchev–Trinajstić information content (AvgIpc) is 2.25. The van der Waals surface area contributed by atoms with Crippen LogP contribution in [-0.2, 0) is 16.0 Å². The van der Waals surface area contributed by atoms with Crippen LogP contribution in [0, 0.1) is 5.41 Å². The van der Waals surface area contributed by atoms with E-state index in [1.54, 1.807) is 0 Å². The second-order valence-corrected chi connectivity index (χ2v) is 3.87. The SMILES string of the molecule is CC[C@@]1(Cc2ccccc2)COC1=O. The van der Waals surface area contributed by atoms with Crippen molar-refractivity contribution < 1.29 is 9.53 Å². The second-order valence-electron chi connectivity index (χ2n) is 3.87. The molecule has 1 fully saturated rings. The molecule has 0 bridgehead atoms. The molecule has 1 aromatic rings.